The van der Waals surface area contributed by atoms with Gasteiger partial charge in [-0.3, -0.25) is 9.78 Å². The van der Waals surface area contributed by atoms with Gasteiger partial charge in [-0.25, -0.2) is 4.98 Å². The van der Waals surface area contributed by atoms with Gasteiger partial charge in [-0.05, 0) is 30.2 Å². The number of hydrogen-bond donors (Lipinski definition) is 2. The summed E-state index contributed by atoms with van der Waals surface area (Å²) in [6.07, 6.45) is 2.63. The van der Waals surface area contributed by atoms with Gasteiger partial charge in [0.2, 0.25) is 0 Å². The lowest BCUT2D eigenvalue weighted by Crippen LogP contribution is -2.25. The first kappa shape index (κ1) is 14.0. The summed E-state index contributed by atoms with van der Waals surface area (Å²) in [4.78, 5) is 20.6. The maximum Gasteiger partial charge on any atom is 0.270 e. The fourth-order valence-electron chi connectivity index (χ4n) is 1.91. The Kier molecular flexibility index (Phi) is 4.65. The zero-order valence-electron chi connectivity index (χ0n) is 11.7. The van der Waals surface area contributed by atoms with Crippen molar-refractivity contribution in [3.63, 3.8) is 0 Å². The molecule has 1 amide bonds. The van der Waals surface area contributed by atoms with E-state index >= 15 is 0 Å². The third-order valence-corrected chi connectivity index (χ3v) is 3.02. The van der Waals surface area contributed by atoms with E-state index in [9.17, 15) is 4.79 Å². The number of carbonyl (C=O) groups is 1. The summed E-state index contributed by atoms with van der Waals surface area (Å²) in [5, 5.41) is 5.76. The molecule has 0 unspecified atom stereocenters. The standard InChI is InChI=1S/C15H18N4O/c1-3-11-6-5-9-17-13(11)10-18-15(20)12-7-4-8-14(16-2)19-12/h4-9H,3,10H2,1-2H3,(H,16,19)(H,18,20). The Bertz CT molecular complexity index is 598. The molecule has 0 aliphatic rings. The zero-order chi connectivity index (χ0) is 14.4. The number of nitrogens with zero attached hydrogens (tertiary/aromatic N) is 2. The molecule has 0 spiro atoms. The van der Waals surface area contributed by atoms with Gasteiger partial charge < -0.3 is 10.6 Å². The van der Waals surface area contributed by atoms with Crippen LogP contribution in [0.15, 0.2) is 36.5 Å². The molecule has 104 valence electrons. The van der Waals surface area contributed by atoms with Gasteiger partial charge in [0.1, 0.15) is 11.5 Å². The molecule has 0 fully saturated rings. The fourth-order valence-corrected chi connectivity index (χ4v) is 1.91. The summed E-state index contributed by atoms with van der Waals surface area (Å²) in [5.74, 6) is 0.472. The highest BCUT2D eigenvalue weighted by Crippen LogP contribution is 2.07. The Hall–Kier alpha value is -2.43. The van der Waals surface area contributed by atoms with Gasteiger partial charge in [0.05, 0.1) is 12.2 Å². The maximum absolute atomic E-state index is 12.1. The monoisotopic (exact) mass is 270 g/mol. The summed E-state index contributed by atoms with van der Waals surface area (Å²) in [5.41, 5.74) is 2.43. The van der Waals surface area contributed by atoms with Crippen LogP contribution in [0.1, 0.15) is 28.7 Å². The van der Waals surface area contributed by atoms with E-state index < -0.39 is 0 Å². The maximum atomic E-state index is 12.1. The number of carbonyl (C=O) groups excluding carboxylic acids is 1. The van der Waals surface area contributed by atoms with Gasteiger partial charge in [-0.2, -0.15) is 0 Å². The van der Waals surface area contributed by atoms with Gasteiger partial charge in [0, 0.05) is 13.2 Å². The quantitative estimate of drug-likeness (QED) is 0.872. The predicted molar refractivity (Wildman–Crippen MR) is 78.6 cm³/mol. The fraction of sp³-hybridized carbons (Fsp3) is 0.267. The second kappa shape index (κ2) is 6.65. The molecule has 2 heterocycles. The number of rotatable bonds is 5. The summed E-state index contributed by atoms with van der Waals surface area (Å²) < 4.78 is 0. The average Bonchev–Trinajstić information content (AvgIpc) is 2.52. The van der Waals surface area contributed by atoms with E-state index in [4.69, 9.17) is 0 Å². The number of pyridine rings is 2. The molecular formula is C15H18N4O. The van der Waals surface area contributed by atoms with Crippen molar-refractivity contribution >= 4 is 11.7 Å². The first-order valence-electron chi connectivity index (χ1n) is 6.60. The Balaban J connectivity index is 2.04. The number of aryl methyl sites for hydroxylation is 1. The van der Waals surface area contributed by atoms with Crippen molar-refractivity contribution in [2.75, 3.05) is 12.4 Å². The van der Waals surface area contributed by atoms with Crippen LogP contribution >= 0.6 is 0 Å². The summed E-state index contributed by atoms with van der Waals surface area (Å²) >= 11 is 0. The van der Waals surface area contributed by atoms with Crippen LogP contribution in [-0.4, -0.2) is 22.9 Å². The number of aromatic nitrogens is 2. The molecule has 5 heteroatoms. The molecule has 0 saturated carbocycles. The van der Waals surface area contributed by atoms with Crippen molar-refractivity contribution in [2.24, 2.45) is 0 Å². The van der Waals surface area contributed by atoms with Crippen molar-refractivity contribution in [1.29, 1.82) is 0 Å². The van der Waals surface area contributed by atoms with E-state index in [0.717, 1.165) is 17.7 Å². The Morgan fingerprint density at radius 3 is 2.85 bits per heavy atom. The second-order valence-corrected chi connectivity index (χ2v) is 4.30. The SMILES string of the molecule is CCc1cccnc1CNC(=O)c1cccc(NC)n1. The van der Waals surface area contributed by atoms with Crippen LogP contribution in [0.4, 0.5) is 5.82 Å². The lowest BCUT2D eigenvalue weighted by Gasteiger charge is -2.08. The molecule has 0 atom stereocenters. The van der Waals surface area contributed by atoms with Crippen LogP contribution in [0.3, 0.4) is 0 Å². The van der Waals surface area contributed by atoms with Crippen molar-refractivity contribution in [1.82, 2.24) is 15.3 Å². The van der Waals surface area contributed by atoms with E-state index in [1.807, 2.05) is 18.2 Å². The molecule has 2 rings (SSSR count). The molecule has 0 bridgehead atoms. The molecule has 0 saturated heterocycles. The van der Waals surface area contributed by atoms with Crippen LogP contribution in [0.2, 0.25) is 0 Å². The third-order valence-electron chi connectivity index (χ3n) is 3.02. The van der Waals surface area contributed by atoms with Gasteiger partial charge in [0.25, 0.3) is 5.91 Å². The summed E-state index contributed by atoms with van der Waals surface area (Å²) in [6.45, 7) is 2.48. The van der Waals surface area contributed by atoms with E-state index in [1.54, 1.807) is 25.4 Å². The van der Waals surface area contributed by atoms with Crippen LogP contribution in [0.5, 0.6) is 0 Å². The Labute approximate surface area is 118 Å². The molecule has 0 aliphatic heterocycles. The number of amides is 1. The van der Waals surface area contributed by atoms with Crippen molar-refractivity contribution in [3.05, 3.63) is 53.5 Å². The minimum Gasteiger partial charge on any atom is -0.373 e. The van der Waals surface area contributed by atoms with E-state index in [0.29, 0.717) is 18.1 Å². The van der Waals surface area contributed by atoms with Gasteiger partial charge in [-0.15, -0.1) is 0 Å². The molecule has 20 heavy (non-hydrogen) atoms. The highest BCUT2D eigenvalue weighted by molar-refractivity contribution is 5.92. The average molecular weight is 270 g/mol. The van der Waals surface area contributed by atoms with Crippen molar-refractivity contribution in [2.45, 2.75) is 19.9 Å². The van der Waals surface area contributed by atoms with Crippen molar-refractivity contribution in [3.8, 4) is 0 Å². The predicted octanol–water partition coefficient (Wildman–Crippen LogP) is 2.01. The topological polar surface area (TPSA) is 66.9 Å². The molecular weight excluding hydrogens is 252 g/mol. The first-order chi connectivity index (χ1) is 9.74. The number of nitrogens with one attached hydrogen (secondary N) is 2. The minimum atomic E-state index is -0.199. The molecule has 2 aromatic rings. The van der Waals surface area contributed by atoms with E-state index in [2.05, 4.69) is 27.5 Å². The largest absolute Gasteiger partial charge is 0.373 e. The van der Waals surface area contributed by atoms with Gasteiger partial charge in [0.15, 0.2) is 0 Å². The zero-order valence-corrected chi connectivity index (χ0v) is 11.7. The molecule has 2 aromatic heterocycles. The minimum absolute atomic E-state index is 0.199. The number of anilines is 1. The van der Waals surface area contributed by atoms with Crippen LogP contribution < -0.4 is 10.6 Å². The third kappa shape index (κ3) is 3.32. The highest BCUT2D eigenvalue weighted by atomic mass is 16.1. The summed E-state index contributed by atoms with van der Waals surface area (Å²) in [6, 6.07) is 9.22. The smallest absolute Gasteiger partial charge is 0.270 e. The molecule has 2 N–H and O–H groups in total. The Morgan fingerprint density at radius 2 is 2.10 bits per heavy atom. The van der Waals surface area contributed by atoms with Crippen LogP contribution in [0, 0.1) is 0 Å². The van der Waals surface area contributed by atoms with Crippen LogP contribution in [0.25, 0.3) is 0 Å². The first-order valence-corrected chi connectivity index (χ1v) is 6.60. The van der Waals surface area contributed by atoms with Gasteiger partial charge in [-0.1, -0.05) is 19.1 Å². The normalized spacial score (nSPS) is 10.1. The molecule has 5 nitrogen and oxygen atoms in total. The molecule has 0 aliphatic carbocycles. The lowest BCUT2D eigenvalue weighted by molar-refractivity contribution is 0.0945. The molecule has 0 radical (unpaired) electrons. The summed E-state index contributed by atoms with van der Waals surface area (Å²) in [7, 11) is 1.77. The Morgan fingerprint density at radius 1 is 1.25 bits per heavy atom. The lowest BCUT2D eigenvalue weighted by atomic mass is 10.1. The van der Waals surface area contributed by atoms with E-state index in [1.165, 1.54) is 0 Å². The number of hydrogen-bond acceptors (Lipinski definition) is 4. The van der Waals surface area contributed by atoms with Gasteiger partial charge >= 0.3 is 0 Å². The van der Waals surface area contributed by atoms with E-state index in [-0.39, 0.29) is 5.91 Å². The second-order valence-electron chi connectivity index (χ2n) is 4.30. The molecule has 0 aromatic carbocycles. The van der Waals surface area contributed by atoms with Crippen molar-refractivity contribution < 1.29 is 4.79 Å². The van der Waals surface area contributed by atoms with Crippen LogP contribution in [-0.2, 0) is 13.0 Å². The highest BCUT2D eigenvalue weighted by Gasteiger charge is 2.09.